The highest BCUT2D eigenvalue weighted by Gasteiger charge is 2.31. The molecule has 0 radical (unpaired) electrons. The summed E-state index contributed by atoms with van der Waals surface area (Å²) in [5, 5.41) is 3.51. The third-order valence-corrected chi connectivity index (χ3v) is 3.78. The predicted molar refractivity (Wildman–Crippen MR) is 75.2 cm³/mol. The smallest absolute Gasteiger partial charge is 0.148 e. The maximum Gasteiger partial charge on any atom is 0.148 e. The minimum Gasteiger partial charge on any atom is -0.364 e. The molecule has 1 heterocycles. The SMILES string of the molecule is Cc1cnc(N[C@H]2CCC[C@@H]2N)c(C2CC2)n1.Cl. The number of rotatable bonds is 3. The summed E-state index contributed by atoms with van der Waals surface area (Å²) < 4.78 is 0. The average Bonchev–Trinajstić information content (AvgIpc) is 3.07. The fourth-order valence-corrected chi connectivity index (χ4v) is 2.59. The first-order chi connectivity index (χ1) is 8.24. The van der Waals surface area contributed by atoms with Crippen molar-refractivity contribution in [1.82, 2.24) is 9.97 Å². The summed E-state index contributed by atoms with van der Waals surface area (Å²) in [7, 11) is 0. The van der Waals surface area contributed by atoms with Crippen LogP contribution >= 0.6 is 12.4 Å². The van der Waals surface area contributed by atoms with Crippen LogP contribution in [0.15, 0.2) is 6.20 Å². The second-order valence-electron chi connectivity index (χ2n) is 5.37. The van der Waals surface area contributed by atoms with Crippen LogP contribution < -0.4 is 11.1 Å². The third kappa shape index (κ3) is 2.75. The molecule has 18 heavy (non-hydrogen) atoms. The van der Waals surface area contributed by atoms with E-state index in [1.54, 1.807) is 0 Å². The van der Waals surface area contributed by atoms with Crippen molar-refractivity contribution in [1.29, 1.82) is 0 Å². The van der Waals surface area contributed by atoms with Crippen molar-refractivity contribution in [2.45, 2.75) is 57.0 Å². The third-order valence-electron chi connectivity index (χ3n) is 3.78. The summed E-state index contributed by atoms with van der Waals surface area (Å²) in [6.45, 7) is 2.00. The first-order valence-corrected chi connectivity index (χ1v) is 6.59. The quantitative estimate of drug-likeness (QED) is 0.883. The normalized spacial score (nSPS) is 26.8. The van der Waals surface area contributed by atoms with Crippen molar-refractivity contribution < 1.29 is 0 Å². The van der Waals surface area contributed by atoms with E-state index in [1.165, 1.54) is 19.3 Å². The molecule has 2 saturated carbocycles. The molecule has 2 aliphatic carbocycles. The molecule has 2 aliphatic rings. The maximum absolute atomic E-state index is 6.09. The van der Waals surface area contributed by atoms with Crippen LogP contribution in [-0.4, -0.2) is 22.1 Å². The van der Waals surface area contributed by atoms with Crippen LogP contribution in [0.25, 0.3) is 0 Å². The highest BCUT2D eigenvalue weighted by atomic mass is 35.5. The van der Waals surface area contributed by atoms with E-state index < -0.39 is 0 Å². The van der Waals surface area contributed by atoms with Gasteiger partial charge in [-0.15, -0.1) is 12.4 Å². The number of aryl methyl sites for hydroxylation is 1. The van der Waals surface area contributed by atoms with Crippen LogP contribution in [0.2, 0.25) is 0 Å². The van der Waals surface area contributed by atoms with Gasteiger partial charge in [-0.3, -0.25) is 4.98 Å². The van der Waals surface area contributed by atoms with Gasteiger partial charge in [0.1, 0.15) is 5.82 Å². The first kappa shape index (κ1) is 13.6. The minimum absolute atomic E-state index is 0. The molecule has 3 N–H and O–H groups in total. The molecule has 1 aromatic heterocycles. The van der Waals surface area contributed by atoms with Crippen molar-refractivity contribution in [3.05, 3.63) is 17.6 Å². The van der Waals surface area contributed by atoms with E-state index >= 15 is 0 Å². The van der Waals surface area contributed by atoms with Crippen LogP contribution in [0.4, 0.5) is 5.82 Å². The summed E-state index contributed by atoms with van der Waals surface area (Å²) in [5.74, 6) is 1.60. The highest BCUT2D eigenvalue weighted by molar-refractivity contribution is 5.85. The Hall–Kier alpha value is -0.870. The van der Waals surface area contributed by atoms with Crippen molar-refractivity contribution in [3.63, 3.8) is 0 Å². The van der Waals surface area contributed by atoms with E-state index in [0.717, 1.165) is 30.0 Å². The monoisotopic (exact) mass is 268 g/mol. The van der Waals surface area contributed by atoms with Gasteiger partial charge < -0.3 is 11.1 Å². The molecule has 0 saturated heterocycles. The van der Waals surface area contributed by atoms with Crippen molar-refractivity contribution >= 4 is 18.2 Å². The Bertz CT molecular complexity index is 419. The number of nitrogens with one attached hydrogen (secondary N) is 1. The zero-order valence-electron chi connectivity index (χ0n) is 10.7. The fourth-order valence-electron chi connectivity index (χ4n) is 2.59. The molecule has 5 heteroatoms. The van der Waals surface area contributed by atoms with E-state index in [0.29, 0.717) is 12.0 Å². The second kappa shape index (κ2) is 5.41. The summed E-state index contributed by atoms with van der Waals surface area (Å²) in [6.07, 6.45) is 7.84. The lowest BCUT2D eigenvalue weighted by Gasteiger charge is -2.19. The lowest BCUT2D eigenvalue weighted by atomic mass is 10.1. The Balaban J connectivity index is 0.00000120. The topological polar surface area (TPSA) is 63.8 Å². The summed E-state index contributed by atoms with van der Waals surface area (Å²) >= 11 is 0. The fraction of sp³-hybridized carbons (Fsp3) is 0.692. The Morgan fingerprint density at radius 3 is 2.67 bits per heavy atom. The van der Waals surface area contributed by atoms with Gasteiger partial charge >= 0.3 is 0 Å². The van der Waals surface area contributed by atoms with E-state index in [1.807, 2.05) is 13.1 Å². The summed E-state index contributed by atoms with van der Waals surface area (Å²) in [5.41, 5.74) is 8.25. The molecule has 0 aromatic carbocycles. The van der Waals surface area contributed by atoms with E-state index in [-0.39, 0.29) is 18.4 Å². The van der Waals surface area contributed by atoms with Crippen LogP contribution in [0, 0.1) is 6.92 Å². The molecule has 0 spiro atoms. The van der Waals surface area contributed by atoms with Gasteiger partial charge in [-0.2, -0.15) is 0 Å². The number of halogens is 1. The van der Waals surface area contributed by atoms with Crippen LogP contribution in [0.5, 0.6) is 0 Å². The molecular weight excluding hydrogens is 248 g/mol. The molecule has 0 aliphatic heterocycles. The Labute approximate surface area is 114 Å². The van der Waals surface area contributed by atoms with Crippen LogP contribution in [0.3, 0.4) is 0 Å². The maximum atomic E-state index is 6.09. The Kier molecular flexibility index (Phi) is 4.07. The number of nitrogens with two attached hydrogens (primary N) is 1. The van der Waals surface area contributed by atoms with Crippen LogP contribution in [0.1, 0.15) is 49.4 Å². The highest BCUT2D eigenvalue weighted by Crippen LogP contribution is 2.42. The predicted octanol–water partition coefficient (Wildman–Crippen LogP) is 2.38. The van der Waals surface area contributed by atoms with E-state index in [9.17, 15) is 0 Å². The first-order valence-electron chi connectivity index (χ1n) is 6.59. The molecule has 3 rings (SSSR count). The van der Waals surface area contributed by atoms with Gasteiger partial charge in [-0.05, 0) is 39.0 Å². The van der Waals surface area contributed by atoms with Crippen molar-refractivity contribution in [2.75, 3.05) is 5.32 Å². The molecule has 4 nitrogen and oxygen atoms in total. The lowest BCUT2D eigenvalue weighted by Crippen LogP contribution is -2.35. The molecule has 2 fully saturated rings. The lowest BCUT2D eigenvalue weighted by molar-refractivity contribution is 0.633. The van der Waals surface area contributed by atoms with Gasteiger partial charge in [0.15, 0.2) is 0 Å². The van der Waals surface area contributed by atoms with Gasteiger partial charge in [-0.25, -0.2) is 4.98 Å². The molecule has 2 atom stereocenters. The van der Waals surface area contributed by atoms with Crippen molar-refractivity contribution in [3.8, 4) is 0 Å². The number of hydrogen-bond donors (Lipinski definition) is 2. The Morgan fingerprint density at radius 2 is 2.06 bits per heavy atom. The average molecular weight is 269 g/mol. The molecular formula is C13H21ClN4. The molecule has 0 unspecified atom stereocenters. The zero-order valence-corrected chi connectivity index (χ0v) is 11.5. The minimum atomic E-state index is 0. The summed E-state index contributed by atoms with van der Waals surface area (Å²) in [4.78, 5) is 9.14. The number of anilines is 1. The number of nitrogens with zero attached hydrogens (tertiary/aromatic N) is 2. The van der Waals surface area contributed by atoms with E-state index in [2.05, 4.69) is 15.3 Å². The summed E-state index contributed by atoms with van der Waals surface area (Å²) in [6, 6.07) is 0.648. The number of aromatic nitrogens is 2. The van der Waals surface area contributed by atoms with Gasteiger partial charge in [0.25, 0.3) is 0 Å². The number of hydrogen-bond acceptors (Lipinski definition) is 4. The largest absolute Gasteiger partial charge is 0.364 e. The second-order valence-corrected chi connectivity index (χ2v) is 5.37. The van der Waals surface area contributed by atoms with E-state index in [4.69, 9.17) is 5.73 Å². The van der Waals surface area contributed by atoms with Crippen LogP contribution in [-0.2, 0) is 0 Å². The standard InChI is InChI=1S/C13H20N4.ClH/c1-8-7-15-13(12(16-8)9-5-6-9)17-11-4-2-3-10(11)14;/h7,9-11H,2-6,14H2,1H3,(H,15,17);1H/t10-,11-;/m0./s1. The molecule has 0 amide bonds. The van der Waals surface area contributed by atoms with Gasteiger partial charge in [0.2, 0.25) is 0 Å². The molecule has 100 valence electrons. The molecule has 0 bridgehead atoms. The zero-order chi connectivity index (χ0) is 11.8. The Morgan fingerprint density at radius 1 is 1.28 bits per heavy atom. The molecule has 1 aromatic rings. The van der Waals surface area contributed by atoms with Gasteiger partial charge in [-0.1, -0.05) is 0 Å². The van der Waals surface area contributed by atoms with Gasteiger partial charge in [0, 0.05) is 18.0 Å². The van der Waals surface area contributed by atoms with Gasteiger partial charge in [0.05, 0.1) is 17.6 Å². The van der Waals surface area contributed by atoms with Crippen molar-refractivity contribution in [2.24, 2.45) is 5.73 Å².